The normalized spacial score (nSPS) is 12.8. The summed E-state index contributed by atoms with van der Waals surface area (Å²) in [7, 11) is 1.54. The van der Waals surface area contributed by atoms with Gasteiger partial charge in [0.05, 0.1) is 13.2 Å². The summed E-state index contributed by atoms with van der Waals surface area (Å²) in [6.07, 6.45) is -4.71. The van der Waals surface area contributed by atoms with Crippen LogP contribution in [0, 0.1) is 0 Å². The Morgan fingerprint density at radius 3 is 2.18 bits per heavy atom. The molecule has 0 saturated heterocycles. The first-order chi connectivity index (χ1) is 10.3. The van der Waals surface area contributed by atoms with E-state index >= 15 is 0 Å². The van der Waals surface area contributed by atoms with Gasteiger partial charge in [-0.2, -0.15) is 0 Å². The Labute approximate surface area is 134 Å². The number of hydrogen-bond donors (Lipinski definition) is 1. The fourth-order valence-corrected chi connectivity index (χ4v) is 2.44. The van der Waals surface area contributed by atoms with Gasteiger partial charge in [-0.05, 0) is 41.5 Å². The molecule has 0 unspecified atom stereocenters. The van der Waals surface area contributed by atoms with Crippen LogP contribution in [0.5, 0.6) is 11.5 Å². The quantitative estimate of drug-likeness (QED) is 0.860. The van der Waals surface area contributed by atoms with Crippen molar-refractivity contribution in [1.29, 1.82) is 0 Å². The second-order valence-corrected chi connectivity index (χ2v) is 5.34. The number of alkyl halides is 3. The lowest BCUT2D eigenvalue weighted by Crippen LogP contribution is -2.17. The number of halogens is 4. The molecule has 2 aromatic carbocycles. The smallest absolute Gasteiger partial charge is 0.497 e. The Kier molecular flexibility index (Phi) is 4.97. The minimum atomic E-state index is -4.71. The lowest BCUT2D eigenvalue weighted by Gasteiger charge is -2.16. The molecule has 0 aliphatic rings. The van der Waals surface area contributed by atoms with E-state index in [1.807, 2.05) is 0 Å². The summed E-state index contributed by atoms with van der Waals surface area (Å²) in [6, 6.07) is 10.3. The molecule has 0 fully saturated rings. The molecule has 0 spiro atoms. The van der Waals surface area contributed by atoms with Crippen LogP contribution in [0.2, 0.25) is 0 Å². The highest BCUT2D eigenvalue weighted by Gasteiger charge is 2.31. The van der Waals surface area contributed by atoms with Gasteiger partial charge in [0.2, 0.25) is 0 Å². The largest absolute Gasteiger partial charge is 0.573 e. The molecule has 0 radical (unpaired) electrons. The van der Waals surface area contributed by atoms with Crippen LogP contribution in [0.25, 0.3) is 0 Å². The van der Waals surface area contributed by atoms with Crippen LogP contribution in [-0.4, -0.2) is 13.5 Å². The number of nitrogens with two attached hydrogens (primary N) is 1. The van der Waals surface area contributed by atoms with Crippen molar-refractivity contribution in [3.8, 4) is 11.5 Å². The van der Waals surface area contributed by atoms with Gasteiger partial charge in [-0.3, -0.25) is 0 Å². The summed E-state index contributed by atoms with van der Waals surface area (Å²) < 4.78 is 46.2. The van der Waals surface area contributed by atoms with E-state index in [-0.39, 0.29) is 5.75 Å². The maximum absolute atomic E-state index is 12.1. The number of rotatable bonds is 4. The summed E-state index contributed by atoms with van der Waals surface area (Å²) in [5.41, 5.74) is 7.59. The first kappa shape index (κ1) is 16.6. The fraction of sp³-hybridized carbons (Fsp3) is 0.200. The van der Waals surface area contributed by atoms with E-state index in [0.717, 1.165) is 10.0 Å². The van der Waals surface area contributed by atoms with Crippen LogP contribution in [0.15, 0.2) is 46.9 Å². The van der Waals surface area contributed by atoms with Gasteiger partial charge in [0.25, 0.3) is 0 Å². The molecule has 22 heavy (non-hydrogen) atoms. The first-order valence-corrected chi connectivity index (χ1v) is 7.04. The average Bonchev–Trinajstić information content (AvgIpc) is 2.46. The Morgan fingerprint density at radius 2 is 1.64 bits per heavy atom. The van der Waals surface area contributed by atoms with Gasteiger partial charge in [0, 0.05) is 4.47 Å². The SMILES string of the molecule is COc1ccc(Br)c([C@H](N)c2ccc(OC(F)(F)F)cc2)c1. The summed E-state index contributed by atoms with van der Waals surface area (Å²) in [4.78, 5) is 0. The Balaban J connectivity index is 2.24. The van der Waals surface area contributed by atoms with Gasteiger partial charge in [-0.15, -0.1) is 13.2 Å². The zero-order valence-corrected chi connectivity index (χ0v) is 13.1. The van der Waals surface area contributed by atoms with Gasteiger partial charge in [0.15, 0.2) is 0 Å². The highest BCUT2D eigenvalue weighted by molar-refractivity contribution is 9.10. The molecule has 0 aliphatic heterocycles. The maximum Gasteiger partial charge on any atom is 0.573 e. The molecule has 3 nitrogen and oxygen atoms in total. The molecule has 7 heteroatoms. The van der Waals surface area contributed by atoms with Crippen molar-refractivity contribution in [1.82, 2.24) is 0 Å². The molecule has 2 rings (SSSR count). The Bertz CT molecular complexity index is 644. The second-order valence-electron chi connectivity index (χ2n) is 4.48. The highest BCUT2D eigenvalue weighted by Crippen LogP contribution is 2.31. The van der Waals surface area contributed by atoms with Crippen LogP contribution >= 0.6 is 15.9 Å². The van der Waals surface area contributed by atoms with Gasteiger partial charge in [-0.25, -0.2) is 0 Å². The number of benzene rings is 2. The monoisotopic (exact) mass is 375 g/mol. The molecule has 0 amide bonds. The van der Waals surface area contributed by atoms with Gasteiger partial charge >= 0.3 is 6.36 Å². The van der Waals surface area contributed by atoms with Crippen LogP contribution in [0.1, 0.15) is 17.2 Å². The minimum absolute atomic E-state index is 0.284. The van der Waals surface area contributed by atoms with Crippen LogP contribution in [0.3, 0.4) is 0 Å². The number of methoxy groups -OCH3 is 1. The highest BCUT2D eigenvalue weighted by atomic mass is 79.9. The summed E-state index contributed by atoms with van der Waals surface area (Å²) in [5.74, 6) is 0.360. The van der Waals surface area contributed by atoms with Gasteiger partial charge in [-0.1, -0.05) is 28.1 Å². The van der Waals surface area contributed by atoms with E-state index in [1.54, 1.807) is 25.3 Å². The van der Waals surface area contributed by atoms with Crippen LogP contribution in [-0.2, 0) is 0 Å². The van der Waals surface area contributed by atoms with Crippen LogP contribution in [0.4, 0.5) is 13.2 Å². The molecular formula is C15H13BrF3NO2. The summed E-state index contributed by atoms with van der Waals surface area (Å²) >= 11 is 3.40. The molecule has 0 bridgehead atoms. The van der Waals surface area contributed by atoms with Crippen molar-refractivity contribution in [3.05, 3.63) is 58.1 Å². The lowest BCUT2D eigenvalue weighted by atomic mass is 9.99. The van der Waals surface area contributed by atoms with Crippen molar-refractivity contribution in [2.75, 3.05) is 7.11 Å². The van der Waals surface area contributed by atoms with E-state index in [0.29, 0.717) is 11.3 Å². The number of hydrogen-bond acceptors (Lipinski definition) is 3. The zero-order chi connectivity index (χ0) is 16.3. The zero-order valence-electron chi connectivity index (χ0n) is 11.5. The molecule has 2 N–H and O–H groups in total. The van der Waals surface area contributed by atoms with Crippen molar-refractivity contribution >= 4 is 15.9 Å². The Morgan fingerprint density at radius 1 is 1.05 bits per heavy atom. The van der Waals surface area contributed by atoms with Crippen LogP contribution < -0.4 is 15.2 Å². The molecule has 1 atom stereocenters. The molecular weight excluding hydrogens is 363 g/mol. The van der Waals surface area contributed by atoms with Crippen molar-refractivity contribution in [2.24, 2.45) is 5.73 Å². The Hall–Kier alpha value is -1.73. The lowest BCUT2D eigenvalue weighted by molar-refractivity contribution is -0.274. The topological polar surface area (TPSA) is 44.5 Å². The van der Waals surface area contributed by atoms with Gasteiger partial charge in [0.1, 0.15) is 11.5 Å². The standard InChI is InChI=1S/C15H13BrF3NO2/c1-21-11-6-7-13(16)12(8-11)14(20)9-2-4-10(5-3-9)22-15(17,18)19/h2-8,14H,20H2,1H3/t14-/m1/s1. The average molecular weight is 376 g/mol. The fourth-order valence-electron chi connectivity index (χ4n) is 1.94. The van der Waals surface area contributed by atoms with Crippen molar-refractivity contribution < 1.29 is 22.6 Å². The second kappa shape index (κ2) is 6.58. The maximum atomic E-state index is 12.1. The predicted octanol–water partition coefficient (Wildman–Crippen LogP) is 4.40. The van der Waals surface area contributed by atoms with Crippen molar-refractivity contribution in [2.45, 2.75) is 12.4 Å². The molecule has 0 aromatic heterocycles. The first-order valence-electron chi connectivity index (χ1n) is 6.25. The molecule has 0 heterocycles. The molecule has 0 saturated carbocycles. The minimum Gasteiger partial charge on any atom is -0.497 e. The van der Waals surface area contributed by atoms with E-state index < -0.39 is 12.4 Å². The summed E-state index contributed by atoms with van der Waals surface area (Å²) in [6.45, 7) is 0. The van der Waals surface area contributed by atoms with E-state index in [4.69, 9.17) is 10.5 Å². The molecule has 0 aliphatic carbocycles. The van der Waals surface area contributed by atoms with E-state index in [1.165, 1.54) is 24.3 Å². The molecule has 2 aromatic rings. The molecule has 118 valence electrons. The van der Waals surface area contributed by atoms with E-state index in [9.17, 15) is 13.2 Å². The third-order valence-corrected chi connectivity index (χ3v) is 3.73. The number of ether oxygens (including phenoxy) is 2. The van der Waals surface area contributed by atoms with Gasteiger partial charge < -0.3 is 15.2 Å². The van der Waals surface area contributed by atoms with E-state index in [2.05, 4.69) is 20.7 Å². The third-order valence-electron chi connectivity index (χ3n) is 3.01. The summed E-state index contributed by atoms with van der Waals surface area (Å²) in [5, 5.41) is 0. The van der Waals surface area contributed by atoms with Crippen molar-refractivity contribution in [3.63, 3.8) is 0 Å². The third kappa shape index (κ3) is 4.14. The predicted molar refractivity (Wildman–Crippen MR) is 79.8 cm³/mol.